The molecular weight excluding hydrogens is 216 g/mol. The second-order valence-electron chi connectivity index (χ2n) is 3.33. The van der Waals surface area contributed by atoms with Crippen molar-refractivity contribution in [3.8, 4) is 17.6 Å². The van der Waals surface area contributed by atoms with Gasteiger partial charge in [-0.2, -0.15) is 5.26 Å². The van der Waals surface area contributed by atoms with Crippen LogP contribution in [-0.2, 0) is 6.61 Å². The Kier molecular flexibility index (Phi) is 3.34. The fourth-order valence-corrected chi connectivity index (χ4v) is 1.41. The first kappa shape index (κ1) is 11.1. The minimum atomic E-state index is -0.113. The Balaban J connectivity index is 2.35. The number of nitriles is 1. The molecule has 0 radical (unpaired) electrons. The molecule has 1 aromatic carbocycles. The van der Waals surface area contributed by atoms with Crippen LogP contribution in [0.4, 0.5) is 0 Å². The van der Waals surface area contributed by atoms with E-state index in [2.05, 4.69) is 4.98 Å². The van der Waals surface area contributed by atoms with E-state index in [1.807, 2.05) is 12.1 Å². The molecule has 0 aliphatic carbocycles. The second kappa shape index (κ2) is 5.10. The highest BCUT2D eigenvalue weighted by molar-refractivity contribution is 5.42. The summed E-state index contributed by atoms with van der Waals surface area (Å²) in [4.78, 5) is 3.90. The normalized spacial score (nSPS) is 9.65. The van der Waals surface area contributed by atoms with Gasteiger partial charge in [-0.15, -0.1) is 0 Å². The Morgan fingerprint density at radius 1 is 1.18 bits per heavy atom. The molecule has 0 amide bonds. The first-order valence-corrected chi connectivity index (χ1v) is 5.07. The van der Waals surface area contributed by atoms with Crippen molar-refractivity contribution in [1.29, 1.82) is 5.26 Å². The lowest BCUT2D eigenvalue weighted by Crippen LogP contribution is -1.94. The van der Waals surface area contributed by atoms with E-state index in [0.717, 1.165) is 0 Å². The number of hydrogen-bond donors (Lipinski definition) is 1. The highest BCUT2D eigenvalue weighted by Gasteiger charge is 2.07. The molecule has 84 valence electrons. The van der Waals surface area contributed by atoms with Gasteiger partial charge in [-0.3, -0.25) is 0 Å². The number of benzene rings is 1. The van der Waals surface area contributed by atoms with Crippen molar-refractivity contribution >= 4 is 0 Å². The van der Waals surface area contributed by atoms with Crippen LogP contribution < -0.4 is 4.74 Å². The minimum absolute atomic E-state index is 0.113. The zero-order chi connectivity index (χ0) is 12.1. The first-order chi connectivity index (χ1) is 8.35. The number of rotatable bonds is 3. The molecule has 0 bridgehead atoms. The van der Waals surface area contributed by atoms with Crippen molar-refractivity contribution in [3.05, 3.63) is 53.9 Å². The fraction of sp³-hybridized carbons (Fsp3) is 0.0769. The van der Waals surface area contributed by atoms with E-state index in [4.69, 9.17) is 15.1 Å². The third-order valence-electron chi connectivity index (χ3n) is 2.24. The van der Waals surface area contributed by atoms with E-state index in [1.54, 1.807) is 30.3 Å². The van der Waals surface area contributed by atoms with Gasteiger partial charge in [-0.25, -0.2) is 4.98 Å². The molecule has 0 aliphatic rings. The molecule has 4 nitrogen and oxygen atoms in total. The van der Waals surface area contributed by atoms with Gasteiger partial charge in [0, 0.05) is 11.8 Å². The van der Waals surface area contributed by atoms with Crippen LogP contribution in [0.3, 0.4) is 0 Å². The van der Waals surface area contributed by atoms with Gasteiger partial charge in [-0.1, -0.05) is 18.2 Å². The molecule has 2 rings (SSSR count). The molecule has 2 aromatic rings. The van der Waals surface area contributed by atoms with Crippen molar-refractivity contribution in [3.63, 3.8) is 0 Å². The molecule has 17 heavy (non-hydrogen) atoms. The number of aromatic nitrogens is 1. The van der Waals surface area contributed by atoms with E-state index in [0.29, 0.717) is 17.1 Å². The van der Waals surface area contributed by atoms with E-state index in [-0.39, 0.29) is 12.3 Å². The zero-order valence-corrected chi connectivity index (χ0v) is 9.00. The third kappa shape index (κ3) is 2.41. The van der Waals surface area contributed by atoms with Crippen LogP contribution in [0.5, 0.6) is 11.5 Å². The maximum atomic E-state index is 9.16. The van der Waals surface area contributed by atoms with E-state index in [9.17, 15) is 0 Å². The van der Waals surface area contributed by atoms with E-state index in [1.165, 1.54) is 6.20 Å². The number of para-hydroxylation sites is 1. The summed E-state index contributed by atoms with van der Waals surface area (Å²) in [5.74, 6) is 0.912. The highest BCUT2D eigenvalue weighted by atomic mass is 16.5. The van der Waals surface area contributed by atoms with Gasteiger partial charge in [0.2, 0.25) is 0 Å². The number of pyridine rings is 1. The maximum Gasteiger partial charge on any atom is 0.183 e. The number of ether oxygens (including phenoxy) is 1. The molecule has 1 aromatic heterocycles. The topological polar surface area (TPSA) is 66.1 Å². The predicted molar refractivity (Wildman–Crippen MR) is 61.4 cm³/mol. The highest BCUT2D eigenvalue weighted by Crippen LogP contribution is 2.26. The molecule has 0 aliphatic heterocycles. The Morgan fingerprint density at radius 2 is 1.94 bits per heavy atom. The average molecular weight is 226 g/mol. The number of aliphatic hydroxyl groups excluding tert-OH is 1. The Hall–Kier alpha value is -2.38. The summed E-state index contributed by atoms with van der Waals surface area (Å²) >= 11 is 0. The molecule has 0 saturated heterocycles. The molecule has 4 heteroatoms. The lowest BCUT2D eigenvalue weighted by Gasteiger charge is -2.09. The van der Waals surface area contributed by atoms with Crippen LogP contribution >= 0.6 is 0 Å². The summed E-state index contributed by atoms with van der Waals surface area (Å²) in [6.45, 7) is -0.113. The predicted octanol–water partition coefficient (Wildman–Crippen LogP) is 2.24. The van der Waals surface area contributed by atoms with Crippen LogP contribution in [0.2, 0.25) is 0 Å². The Labute approximate surface area is 98.7 Å². The van der Waals surface area contributed by atoms with Crippen LogP contribution in [-0.4, -0.2) is 10.1 Å². The standard InChI is InChI=1S/C13H10N2O2/c14-8-11-13(6-3-7-15-11)17-12-5-2-1-4-10(12)9-16/h1-7,16H,9H2. The molecule has 1 heterocycles. The Bertz CT molecular complexity index is 561. The Morgan fingerprint density at radius 3 is 2.71 bits per heavy atom. The molecule has 0 spiro atoms. The molecule has 0 saturated carbocycles. The largest absolute Gasteiger partial charge is 0.454 e. The molecule has 0 fully saturated rings. The lowest BCUT2D eigenvalue weighted by atomic mass is 10.2. The van der Waals surface area contributed by atoms with Crippen molar-refractivity contribution in [1.82, 2.24) is 4.98 Å². The first-order valence-electron chi connectivity index (χ1n) is 5.07. The summed E-state index contributed by atoms with van der Waals surface area (Å²) in [5.41, 5.74) is 0.889. The number of hydrogen-bond acceptors (Lipinski definition) is 4. The van der Waals surface area contributed by atoms with Crippen molar-refractivity contribution in [2.24, 2.45) is 0 Å². The summed E-state index contributed by atoms with van der Waals surface area (Å²) in [5, 5.41) is 18.0. The van der Waals surface area contributed by atoms with Gasteiger partial charge in [0.15, 0.2) is 11.4 Å². The monoisotopic (exact) mass is 226 g/mol. The minimum Gasteiger partial charge on any atom is -0.454 e. The quantitative estimate of drug-likeness (QED) is 0.871. The summed E-state index contributed by atoms with van der Waals surface area (Å²) < 4.78 is 5.58. The fourth-order valence-electron chi connectivity index (χ4n) is 1.41. The van der Waals surface area contributed by atoms with Gasteiger partial charge < -0.3 is 9.84 Å². The molecular formula is C13H10N2O2. The van der Waals surface area contributed by atoms with Crippen LogP contribution in [0.25, 0.3) is 0 Å². The third-order valence-corrected chi connectivity index (χ3v) is 2.24. The van der Waals surface area contributed by atoms with Crippen LogP contribution in [0.15, 0.2) is 42.6 Å². The summed E-state index contributed by atoms with van der Waals surface area (Å²) in [6, 6.07) is 12.4. The number of aliphatic hydroxyl groups is 1. The van der Waals surface area contributed by atoms with Gasteiger partial charge in [0.25, 0.3) is 0 Å². The number of nitrogens with zero attached hydrogens (tertiary/aromatic N) is 2. The van der Waals surface area contributed by atoms with E-state index >= 15 is 0 Å². The molecule has 0 atom stereocenters. The van der Waals surface area contributed by atoms with Crippen molar-refractivity contribution in [2.45, 2.75) is 6.61 Å². The van der Waals surface area contributed by atoms with E-state index < -0.39 is 0 Å². The molecule has 1 N–H and O–H groups in total. The smallest absolute Gasteiger partial charge is 0.183 e. The van der Waals surface area contributed by atoms with Gasteiger partial charge >= 0.3 is 0 Å². The van der Waals surface area contributed by atoms with Crippen LogP contribution in [0.1, 0.15) is 11.3 Å². The lowest BCUT2D eigenvalue weighted by molar-refractivity contribution is 0.276. The van der Waals surface area contributed by atoms with Crippen molar-refractivity contribution < 1.29 is 9.84 Å². The van der Waals surface area contributed by atoms with Crippen LogP contribution in [0, 0.1) is 11.3 Å². The summed E-state index contributed by atoms with van der Waals surface area (Å²) in [6.07, 6.45) is 1.53. The second-order valence-corrected chi connectivity index (χ2v) is 3.33. The van der Waals surface area contributed by atoms with Gasteiger partial charge in [0.1, 0.15) is 11.8 Å². The zero-order valence-electron chi connectivity index (χ0n) is 9.00. The average Bonchev–Trinajstić information content (AvgIpc) is 2.40. The SMILES string of the molecule is N#Cc1ncccc1Oc1ccccc1CO. The van der Waals surface area contributed by atoms with Gasteiger partial charge in [-0.05, 0) is 18.2 Å². The van der Waals surface area contributed by atoms with Gasteiger partial charge in [0.05, 0.1) is 6.61 Å². The molecule has 0 unspecified atom stereocenters. The summed E-state index contributed by atoms with van der Waals surface area (Å²) in [7, 11) is 0. The maximum absolute atomic E-state index is 9.16. The van der Waals surface area contributed by atoms with Crippen molar-refractivity contribution in [2.75, 3.05) is 0 Å².